The molecule has 0 aliphatic rings. The van der Waals surface area contributed by atoms with Crippen LogP contribution in [0.15, 0.2) is 91.6 Å². The number of aromatic nitrogens is 3. The van der Waals surface area contributed by atoms with Gasteiger partial charge in [0.05, 0.1) is 16.0 Å². The summed E-state index contributed by atoms with van der Waals surface area (Å²) in [6.45, 7) is 2.22. The minimum atomic E-state index is -5.33. The normalized spacial score (nSPS) is 13.1. The van der Waals surface area contributed by atoms with Crippen molar-refractivity contribution in [3.05, 3.63) is 72.0 Å². The van der Waals surface area contributed by atoms with Crippen LogP contribution in [0.25, 0.3) is 10.8 Å². The molecule has 1 aromatic heterocycles. The van der Waals surface area contributed by atoms with Gasteiger partial charge < -0.3 is 25.2 Å². The van der Waals surface area contributed by atoms with Crippen LogP contribution in [0.1, 0.15) is 6.92 Å². The molecular formula is C30H29B2ClN8O10S3. The lowest BCUT2D eigenvalue weighted by Gasteiger charge is -2.21. The molecule has 1 amide bonds. The summed E-state index contributed by atoms with van der Waals surface area (Å²) < 4.78 is 92.5. The van der Waals surface area contributed by atoms with E-state index in [1.54, 1.807) is 44.9 Å². The predicted octanol–water partition coefficient (Wildman–Crippen LogP) is 4.19. The molecular weight excluding hydrogens is 786 g/mol. The molecule has 6 N–H and O–H groups in total. The molecule has 1 heterocycles. The van der Waals surface area contributed by atoms with E-state index in [0.717, 1.165) is 18.2 Å². The number of hydrogen-bond acceptors (Lipinski definition) is 14. The Morgan fingerprint density at radius 2 is 1.67 bits per heavy atom. The number of aromatic hydroxyl groups is 1. The number of carbonyl (C=O) groups is 1. The summed E-state index contributed by atoms with van der Waals surface area (Å²) in [6.07, 6.45) is 0.513. The SMILES string of the molecule is BCC(B)C(=O)Nc1ccc(S(=O)O)c(/N=N/c2c(S(=O)(=O)O)cc3c(S(=O)(=O)O)ccc(Nc4nc(Cl)nc(N(CC)c5ccccc5)n4)c3c2O)c1. The van der Waals surface area contributed by atoms with Crippen LogP contribution in [-0.4, -0.2) is 82.9 Å². The van der Waals surface area contributed by atoms with Crippen molar-refractivity contribution in [2.75, 3.05) is 22.1 Å². The number of anilines is 5. The van der Waals surface area contributed by atoms with Crippen LogP contribution >= 0.6 is 11.6 Å². The number of nitrogens with one attached hydrogen (secondary N) is 2. The van der Waals surface area contributed by atoms with E-state index >= 15 is 0 Å². The van der Waals surface area contributed by atoms with Gasteiger partial charge in [-0.15, -0.1) is 10.2 Å². The highest BCUT2D eigenvalue weighted by Crippen LogP contribution is 2.47. The number of phenolic OH excluding ortho intramolecular Hbond substituents is 1. The Balaban J connectivity index is 1.72. The highest BCUT2D eigenvalue weighted by atomic mass is 35.5. The van der Waals surface area contributed by atoms with Gasteiger partial charge in [-0.1, -0.05) is 24.5 Å². The summed E-state index contributed by atoms with van der Waals surface area (Å²) >= 11 is 3.58. The van der Waals surface area contributed by atoms with Crippen molar-refractivity contribution in [2.45, 2.75) is 33.7 Å². The Labute approximate surface area is 317 Å². The van der Waals surface area contributed by atoms with E-state index in [4.69, 9.17) is 11.6 Å². The number of nitrogens with zero attached hydrogens (tertiary/aromatic N) is 6. The number of amides is 1. The standard InChI is InChI=1S/C30H29B2ClN8O10S3/c1-2-41(16-6-4-3-5-7-16)30-37-28(33)36-29(38-30)35-19-9-11-22(53(46,47)48)17-13-23(54(49,50)51)25(26(42)24(17)19)40-39-20-12-15(8-10-21(20)52(44)45)34-27(43)18(32)14-31/h3-13,18,42H,2,14,31-32H2,1H3,(H,34,43)(H,44,45)(H,46,47,48)(H,49,50,51)(H,35,36,37,38)/b40-39+. The molecule has 18 nitrogen and oxygen atoms in total. The van der Waals surface area contributed by atoms with Gasteiger partial charge in [-0.05, 0) is 67.1 Å². The second-order valence-corrected chi connectivity index (χ2v) is 15.5. The molecule has 2 atom stereocenters. The van der Waals surface area contributed by atoms with Gasteiger partial charge in [0, 0.05) is 29.1 Å². The van der Waals surface area contributed by atoms with Crippen LogP contribution in [0.4, 0.5) is 40.3 Å². The molecule has 0 bridgehead atoms. The van der Waals surface area contributed by atoms with Gasteiger partial charge in [0.25, 0.3) is 20.2 Å². The maximum absolute atomic E-state index is 12.7. The van der Waals surface area contributed by atoms with Gasteiger partial charge in [-0.2, -0.15) is 31.8 Å². The van der Waals surface area contributed by atoms with E-state index in [1.165, 1.54) is 12.1 Å². The van der Waals surface area contributed by atoms with Crippen molar-refractivity contribution >= 4 is 116 Å². The highest BCUT2D eigenvalue weighted by Gasteiger charge is 2.28. The lowest BCUT2D eigenvalue weighted by Crippen LogP contribution is -2.19. The lowest BCUT2D eigenvalue weighted by molar-refractivity contribution is -0.115. The fourth-order valence-electron chi connectivity index (χ4n) is 5.12. The summed E-state index contributed by atoms with van der Waals surface area (Å²) in [6, 6.07) is 15.3. The molecule has 0 radical (unpaired) electrons. The minimum absolute atomic E-state index is 0.0945. The van der Waals surface area contributed by atoms with Crippen molar-refractivity contribution in [3.63, 3.8) is 0 Å². The Kier molecular flexibility index (Phi) is 12.0. The summed E-state index contributed by atoms with van der Waals surface area (Å²) in [7, 11) is -6.95. The maximum atomic E-state index is 12.7. The maximum Gasteiger partial charge on any atom is 0.296 e. The Hall–Kier alpha value is -5.03. The lowest BCUT2D eigenvalue weighted by atomic mass is 9.76. The Morgan fingerprint density at radius 1 is 0.981 bits per heavy atom. The van der Waals surface area contributed by atoms with Gasteiger partial charge >= 0.3 is 0 Å². The van der Waals surface area contributed by atoms with Gasteiger partial charge in [-0.25, -0.2) is 4.21 Å². The molecule has 0 saturated carbocycles. The van der Waals surface area contributed by atoms with Crippen molar-refractivity contribution in [1.82, 2.24) is 15.0 Å². The van der Waals surface area contributed by atoms with Gasteiger partial charge in [0.15, 0.2) is 16.8 Å². The number of rotatable bonds is 13. The first kappa shape index (κ1) is 40.2. The van der Waals surface area contributed by atoms with E-state index in [-0.39, 0.29) is 45.0 Å². The van der Waals surface area contributed by atoms with E-state index in [2.05, 4.69) is 35.8 Å². The van der Waals surface area contributed by atoms with Crippen molar-refractivity contribution in [1.29, 1.82) is 0 Å². The molecule has 5 rings (SSSR count). The number of phenols is 1. The molecule has 24 heteroatoms. The molecule has 2 unspecified atom stereocenters. The van der Waals surface area contributed by atoms with Crippen molar-refractivity contribution in [2.24, 2.45) is 10.2 Å². The summed E-state index contributed by atoms with van der Waals surface area (Å²) in [5, 5.41) is 23.4. The zero-order chi connectivity index (χ0) is 39.5. The quantitative estimate of drug-likeness (QED) is 0.0421. The van der Waals surface area contributed by atoms with Crippen molar-refractivity contribution < 1.29 is 44.6 Å². The number of carbonyl (C=O) groups excluding carboxylic acids is 1. The number of azo groups is 1. The van der Waals surface area contributed by atoms with Crippen LogP contribution in [0, 0.1) is 0 Å². The number of halogens is 1. The fraction of sp³-hybridized carbons (Fsp3) is 0.133. The topological polar surface area (TPSA) is 274 Å². The van der Waals surface area contributed by atoms with Gasteiger partial charge in [0.2, 0.25) is 23.1 Å². The molecule has 4 aromatic carbocycles. The zero-order valence-corrected chi connectivity index (χ0v) is 31.6. The second kappa shape index (κ2) is 16.1. The average molecular weight is 815 g/mol. The molecule has 0 spiro atoms. The van der Waals surface area contributed by atoms with Crippen LogP contribution in [0.3, 0.4) is 0 Å². The summed E-state index contributed by atoms with van der Waals surface area (Å²) in [5.74, 6) is -1.96. The largest absolute Gasteiger partial charge is 0.505 e. The first-order valence-electron chi connectivity index (χ1n) is 15.7. The zero-order valence-electron chi connectivity index (χ0n) is 28.4. The first-order chi connectivity index (χ1) is 25.4. The monoisotopic (exact) mass is 814 g/mol. The van der Waals surface area contributed by atoms with Crippen LogP contribution in [0.2, 0.25) is 17.4 Å². The third kappa shape index (κ3) is 8.84. The fourth-order valence-corrected chi connectivity index (χ4v) is 7.06. The van der Waals surface area contributed by atoms with E-state index in [0.29, 0.717) is 24.6 Å². The Bertz CT molecular complexity index is 2550. The second-order valence-electron chi connectivity index (χ2n) is 11.4. The molecule has 0 saturated heterocycles. The third-order valence-electron chi connectivity index (χ3n) is 7.93. The first-order valence-corrected chi connectivity index (χ1v) is 20.1. The molecule has 54 heavy (non-hydrogen) atoms. The molecule has 5 aromatic rings. The summed E-state index contributed by atoms with van der Waals surface area (Å²) in [5.41, 5.74) is -0.626. The smallest absolute Gasteiger partial charge is 0.296 e. The van der Waals surface area contributed by atoms with Crippen molar-refractivity contribution in [3.8, 4) is 5.75 Å². The van der Waals surface area contributed by atoms with E-state index < -0.39 is 69.1 Å². The minimum Gasteiger partial charge on any atom is -0.505 e. The predicted molar refractivity (Wildman–Crippen MR) is 206 cm³/mol. The van der Waals surface area contributed by atoms with Crippen LogP contribution < -0.4 is 15.5 Å². The summed E-state index contributed by atoms with van der Waals surface area (Å²) in [4.78, 5) is 24.5. The van der Waals surface area contributed by atoms with Crippen LogP contribution in [0.5, 0.6) is 5.75 Å². The van der Waals surface area contributed by atoms with Gasteiger partial charge in [-0.3, -0.25) is 13.9 Å². The van der Waals surface area contributed by atoms with Crippen LogP contribution in [-0.2, 0) is 36.1 Å². The number of fused-ring (bicyclic) bond motifs is 1. The molecule has 0 aliphatic heterocycles. The highest BCUT2D eigenvalue weighted by molar-refractivity contribution is 7.86. The Morgan fingerprint density at radius 3 is 2.28 bits per heavy atom. The molecule has 0 fully saturated rings. The number of benzene rings is 4. The number of hydrogen-bond donors (Lipinski definition) is 6. The van der Waals surface area contributed by atoms with Gasteiger partial charge in [0.1, 0.15) is 36.9 Å². The van der Waals surface area contributed by atoms with E-state index in [9.17, 15) is 44.6 Å². The average Bonchev–Trinajstić information content (AvgIpc) is 3.10. The molecule has 0 aliphatic carbocycles. The van der Waals surface area contributed by atoms with E-state index in [1.807, 2.05) is 13.0 Å². The number of para-hydroxylation sites is 1. The molecule has 280 valence electrons. The third-order valence-corrected chi connectivity index (χ3v) is 10.6.